The second-order valence-corrected chi connectivity index (χ2v) is 6.41. The lowest BCUT2D eigenvalue weighted by molar-refractivity contribution is 0.0264. The van der Waals surface area contributed by atoms with Gasteiger partial charge in [0.2, 0.25) is 0 Å². The Morgan fingerprint density at radius 2 is 1.80 bits per heavy atom. The molecule has 1 aromatic rings. The van der Waals surface area contributed by atoms with Crippen LogP contribution in [0.4, 0.5) is 4.79 Å². The normalized spacial score (nSPS) is 11.5. The fourth-order valence-electron chi connectivity index (χ4n) is 2.06. The van der Waals surface area contributed by atoms with E-state index in [1.807, 2.05) is 52.2 Å². The number of hydrogen-bond acceptors (Lipinski definition) is 3. The van der Waals surface area contributed by atoms with Crippen molar-refractivity contribution in [3.63, 3.8) is 0 Å². The van der Waals surface area contributed by atoms with Crippen molar-refractivity contribution in [3.8, 4) is 0 Å². The van der Waals surface area contributed by atoms with E-state index in [-0.39, 0.29) is 30.1 Å². The third kappa shape index (κ3) is 10.2. The minimum Gasteiger partial charge on any atom is -0.444 e. The zero-order valence-electron chi connectivity index (χ0n) is 15.9. The molecule has 1 rings (SSSR count). The van der Waals surface area contributed by atoms with Crippen LogP contribution in [0.5, 0.6) is 0 Å². The van der Waals surface area contributed by atoms with Crippen LogP contribution in [0, 0.1) is 0 Å². The molecule has 0 aliphatic carbocycles. The molecule has 2 N–H and O–H groups in total. The second kappa shape index (κ2) is 12.0. The molecule has 7 nitrogen and oxygen atoms in total. The van der Waals surface area contributed by atoms with Gasteiger partial charge in [-0.3, -0.25) is 4.99 Å². The summed E-state index contributed by atoms with van der Waals surface area (Å²) in [5.74, 6) is 0.724. The third-order valence-corrected chi connectivity index (χ3v) is 3.26. The highest BCUT2D eigenvalue weighted by molar-refractivity contribution is 14.0. The summed E-state index contributed by atoms with van der Waals surface area (Å²) < 4.78 is 7.49. The van der Waals surface area contributed by atoms with E-state index in [1.165, 1.54) is 0 Å². The van der Waals surface area contributed by atoms with Gasteiger partial charge in [0.1, 0.15) is 5.60 Å². The Morgan fingerprint density at radius 1 is 1.20 bits per heavy atom. The fourth-order valence-corrected chi connectivity index (χ4v) is 2.06. The van der Waals surface area contributed by atoms with Crippen molar-refractivity contribution in [3.05, 3.63) is 24.5 Å². The van der Waals surface area contributed by atoms with Crippen molar-refractivity contribution in [1.82, 2.24) is 20.1 Å². The van der Waals surface area contributed by atoms with Gasteiger partial charge in [-0.05, 0) is 39.8 Å². The van der Waals surface area contributed by atoms with Crippen LogP contribution >= 0.6 is 24.0 Å². The molecule has 0 aliphatic rings. The summed E-state index contributed by atoms with van der Waals surface area (Å²) >= 11 is 0. The number of nitrogens with zero attached hydrogens (tertiary/aromatic N) is 3. The molecule has 0 saturated heterocycles. The Balaban J connectivity index is 0.00000576. The predicted octanol–water partition coefficient (Wildman–Crippen LogP) is 2.53. The number of halogens is 1. The van der Waals surface area contributed by atoms with E-state index in [0.717, 1.165) is 19.0 Å². The van der Waals surface area contributed by atoms with E-state index in [4.69, 9.17) is 4.74 Å². The first-order valence-corrected chi connectivity index (χ1v) is 8.39. The zero-order chi connectivity index (χ0) is 18.0. The summed E-state index contributed by atoms with van der Waals surface area (Å²) in [5.41, 5.74) is -0.478. The van der Waals surface area contributed by atoms with Crippen molar-refractivity contribution < 1.29 is 9.53 Å². The average Bonchev–Trinajstić information content (AvgIpc) is 3.01. The topological polar surface area (TPSA) is 70.9 Å². The molecule has 0 bridgehead atoms. The summed E-state index contributed by atoms with van der Waals surface area (Å²) in [4.78, 5) is 17.9. The second-order valence-electron chi connectivity index (χ2n) is 6.41. The van der Waals surface area contributed by atoms with Crippen molar-refractivity contribution >= 4 is 36.0 Å². The van der Waals surface area contributed by atoms with Crippen LogP contribution in [0.3, 0.4) is 0 Å². The number of guanidine groups is 1. The molecule has 0 unspecified atom stereocenters. The van der Waals surface area contributed by atoms with E-state index in [9.17, 15) is 4.79 Å². The molecule has 1 aromatic heterocycles. The van der Waals surface area contributed by atoms with Gasteiger partial charge in [-0.15, -0.1) is 24.0 Å². The number of ether oxygens (including phenoxy) is 1. The molecular weight excluding hydrogens is 433 g/mol. The standard InChI is InChI=1S/C17H31N5O2.HI/c1-6-22(16(23)24-17(2,3)4)14-10-20-15(18-5)19-9-13-21-11-7-8-12-21;/h7-8,11-12H,6,9-10,13-14H2,1-5H3,(H2,18,19,20);1H. The Labute approximate surface area is 168 Å². The molecule has 0 spiro atoms. The predicted molar refractivity (Wildman–Crippen MR) is 113 cm³/mol. The number of likely N-dealkylation sites (N-methyl/N-ethyl adjacent to an activating group) is 1. The highest BCUT2D eigenvalue weighted by Crippen LogP contribution is 2.09. The van der Waals surface area contributed by atoms with Crippen LogP contribution in [-0.2, 0) is 11.3 Å². The highest BCUT2D eigenvalue weighted by Gasteiger charge is 2.20. The van der Waals surface area contributed by atoms with Gasteiger partial charge in [0.05, 0.1) is 0 Å². The van der Waals surface area contributed by atoms with Crippen LogP contribution in [0.25, 0.3) is 0 Å². The highest BCUT2D eigenvalue weighted by atomic mass is 127. The molecule has 0 atom stereocenters. The average molecular weight is 465 g/mol. The molecule has 0 radical (unpaired) electrons. The van der Waals surface area contributed by atoms with Crippen LogP contribution in [-0.4, -0.2) is 60.3 Å². The van der Waals surface area contributed by atoms with Gasteiger partial charge in [0.25, 0.3) is 0 Å². The summed E-state index contributed by atoms with van der Waals surface area (Å²) in [7, 11) is 1.73. The number of aromatic nitrogens is 1. The van der Waals surface area contributed by atoms with E-state index >= 15 is 0 Å². The van der Waals surface area contributed by atoms with Gasteiger partial charge in [-0.2, -0.15) is 0 Å². The number of nitrogens with one attached hydrogen (secondary N) is 2. The number of aliphatic imine (C=N–C) groups is 1. The van der Waals surface area contributed by atoms with Crippen molar-refractivity contribution in [2.24, 2.45) is 4.99 Å². The fraction of sp³-hybridized carbons (Fsp3) is 0.647. The maximum atomic E-state index is 12.1. The lowest BCUT2D eigenvalue weighted by Crippen LogP contribution is -2.44. The number of carbonyl (C=O) groups is 1. The quantitative estimate of drug-likeness (QED) is 0.369. The van der Waals surface area contributed by atoms with E-state index in [0.29, 0.717) is 19.6 Å². The minimum absolute atomic E-state index is 0. The van der Waals surface area contributed by atoms with E-state index in [1.54, 1.807) is 11.9 Å². The van der Waals surface area contributed by atoms with Crippen LogP contribution in [0.15, 0.2) is 29.5 Å². The van der Waals surface area contributed by atoms with Gasteiger partial charge >= 0.3 is 6.09 Å². The van der Waals surface area contributed by atoms with E-state index in [2.05, 4.69) is 20.2 Å². The largest absolute Gasteiger partial charge is 0.444 e. The van der Waals surface area contributed by atoms with Gasteiger partial charge in [0, 0.05) is 52.2 Å². The number of rotatable bonds is 7. The summed E-state index contributed by atoms with van der Waals surface area (Å²) in [6, 6.07) is 4.01. The third-order valence-electron chi connectivity index (χ3n) is 3.26. The molecule has 0 saturated carbocycles. The van der Waals surface area contributed by atoms with Crippen molar-refractivity contribution in [2.75, 3.05) is 33.2 Å². The Morgan fingerprint density at radius 3 is 2.32 bits per heavy atom. The molecule has 25 heavy (non-hydrogen) atoms. The summed E-state index contributed by atoms with van der Waals surface area (Å²) in [5, 5.41) is 6.46. The molecule has 144 valence electrons. The number of carbonyl (C=O) groups excluding carboxylic acids is 1. The maximum absolute atomic E-state index is 12.1. The van der Waals surface area contributed by atoms with Gasteiger partial charge < -0.3 is 24.8 Å². The molecule has 0 aromatic carbocycles. The summed E-state index contributed by atoms with van der Waals surface area (Å²) in [6.45, 7) is 11.0. The van der Waals surface area contributed by atoms with E-state index < -0.39 is 5.60 Å². The SMILES string of the molecule is CCN(CCNC(=NC)NCCn1cccc1)C(=O)OC(C)(C)C.I. The molecular formula is C17H32IN5O2. The first-order chi connectivity index (χ1) is 11.4. The molecule has 0 aliphatic heterocycles. The number of hydrogen-bond donors (Lipinski definition) is 2. The molecule has 0 fully saturated rings. The first-order valence-electron chi connectivity index (χ1n) is 8.39. The lowest BCUT2D eigenvalue weighted by Gasteiger charge is -2.26. The molecule has 8 heteroatoms. The Kier molecular flexibility index (Phi) is 11.3. The summed E-state index contributed by atoms with van der Waals surface area (Å²) in [6.07, 6.45) is 3.76. The van der Waals surface area contributed by atoms with Crippen LogP contribution in [0.1, 0.15) is 27.7 Å². The Hall–Kier alpha value is -1.45. The lowest BCUT2D eigenvalue weighted by atomic mass is 10.2. The Bertz CT molecular complexity index is 512. The maximum Gasteiger partial charge on any atom is 0.410 e. The van der Waals surface area contributed by atoms with Crippen LogP contribution in [0.2, 0.25) is 0 Å². The monoisotopic (exact) mass is 465 g/mol. The van der Waals surface area contributed by atoms with Gasteiger partial charge in [0.15, 0.2) is 5.96 Å². The van der Waals surface area contributed by atoms with Crippen molar-refractivity contribution in [1.29, 1.82) is 0 Å². The molecule has 1 amide bonds. The zero-order valence-corrected chi connectivity index (χ0v) is 18.2. The molecule has 1 heterocycles. The minimum atomic E-state index is -0.478. The van der Waals surface area contributed by atoms with Crippen LogP contribution < -0.4 is 10.6 Å². The van der Waals surface area contributed by atoms with Gasteiger partial charge in [-0.1, -0.05) is 0 Å². The number of amides is 1. The first kappa shape index (κ1) is 23.5. The van der Waals surface area contributed by atoms with Crippen molar-refractivity contribution in [2.45, 2.75) is 39.8 Å². The smallest absolute Gasteiger partial charge is 0.410 e. The van der Waals surface area contributed by atoms with Gasteiger partial charge in [-0.25, -0.2) is 4.79 Å².